The fourth-order valence-corrected chi connectivity index (χ4v) is 3.20. The molecule has 6 heteroatoms. The van der Waals surface area contributed by atoms with Crippen LogP contribution < -0.4 is 0 Å². The number of fused-ring (bicyclic) bond motifs is 1. The molecule has 0 saturated carbocycles. The molecule has 98 valence electrons. The molecule has 0 radical (unpaired) electrons. The van der Waals surface area contributed by atoms with E-state index in [1.165, 1.54) is 11.8 Å². The van der Waals surface area contributed by atoms with E-state index in [2.05, 4.69) is 15.0 Å². The molecule has 0 bridgehead atoms. The van der Waals surface area contributed by atoms with Gasteiger partial charge in [-0.15, -0.1) is 11.3 Å². The van der Waals surface area contributed by atoms with Gasteiger partial charge in [0.2, 0.25) is 0 Å². The van der Waals surface area contributed by atoms with Crippen LogP contribution in [0.3, 0.4) is 0 Å². The van der Waals surface area contributed by atoms with Crippen molar-refractivity contribution >= 4 is 34.3 Å². The smallest absolute Gasteiger partial charge is 0.179 e. The SMILES string of the molecule is FCCCSc1nc2nc(-c3cccs3)ccc2[nH]1. The number of imidazole rings is 1. The number of alkyl halides is 1. The van der Waals surface area contributed by atoms with Gasteiger partial charge in [0.25, 0.3) is 0 Å². The molecule has 0 spiro atoms. The molecule has 3 aromatic rings. The highest BCUT2D eigenvalue weighted by Gasteiger charge is 2.07. The van der Waals surface area contributed by atoms with E-state index >= 15 is 0 Å². The lowest BCUT2D eigenvalue weighted by molar-refractivity contribution is 0.489. The number of hydrogen-bond acceptors (Lipinski definition) is 4. The molecule has 0 aromatic carbocycles. The maximum absolute atomic E-state index is 12.1. The summed E-state index contributed by atoms with van der Waals surface area (Å²) < 4.78 is 12.1. The van der Waals surface area contributed by atoms with Gasteiger partial charge in [0.05, 0.1) is 22.8 Å². The zero-order chi connectivity index (χ0) is 13.1. The molecule has 3 rings (SSSR count). The van der Waals surface area contributed by atoms with Gasteiger partial charge in [-0.2, -0.15) is 0 Å². The van der Waals surface area contributed by atoms with Crippen LogP contribution in [0.4, 0.5) is 4.39 Å². The van der Waals surface area contributed by atoms with Crippen molar-refractivity contribution < 1.29 is 4.39 Å². The number of halogens is 1. The molecular weight excluding hydrogens is 281 g/mol. The van der Waals surface area contributed by atoms with Gasteiger partial charge in [0, 0.05) is 5.75 Å². The number of rotatable bonds is 5. The highest BCUT2D eigenvalue weighted by molar-refractivity contribution is 7.99. The summed E-state index contributed by atoms with van der Waals surface area (Å²) >= 11 is 3.19. The molecule has 0 atom stereocenters. The minimum absolute atomic E-state index is 0.284. The van der Waals surface area contributed by atoms with E-state index in [4.69, 9.17) is 0 Å². The molecular formula is C13H12FN3S2. The van der Waals surface area contributed by atoms with Gasteiger partial charge in [-0.05, 0) is 30.0 Å². The van der Waals surface area contributed by atoms with Crippen molar-refractivity contribution in [3.63, 3.8) is 0 Å². The van der Waals surface area contributed by atoms with Crippen molar-refractivity contribution in [2.24, 2.45) is 0 Å². The van der Waals surface area contributed by atoms with Gasteiger partial charge in [0.15, 0.2) is 10.8 Å². The minimum Gasteiger partial charge on any atom is -0.332 e. The van der Waals surface area contributed by atoms with Crippen LogP contribution in [-0.2, 0) is 0 Å². The summed E-state index contributed by atoms with van der Waals surface area (Å²) in [6.45, 7) is -0.284. The van der Waals surface area contributed by atoms with Crippen molar-refractivity contribution in [1.82, 2.24) is 15.0 Å². The second-order valence-corrected chi connectivity index (χ2v) is 6.01. The molecule has 1 N–H and O–H groups in total. The number of thioether (sulfide) groups is 1. The minimum atomic E-state index is -0.284. The van der Waals surface area contributed by atoms with Crippen LogP contribution in [0.1, 0.15) is 6.42 Å². The van der Waals surface area contributed by atoms with Crippen molar-refractivity contribution in [2.45, 2.75) is 11.6 Å². The Hall–Kier alpha value is -1.40. The topological polar surface area (TPSA) is 41.6 Å². The van der Waals surface area contributed by atoms with Crippen molar-refractivity contribution in [1.29, 1.82) is 0 Å². The lowest BCUT2D eigenvalue weighted by Crippen LogP contribution is -1.83. The molecule has 3 nitrogen and oxygen atoms in total. The summed E-state index contributed by atoms with van der Waals surface area (Å²) in [5.74, 6) is 0.730. The molecule has 0 amide bonds. The second-order valence-electron chi connectivity index (χ2n) is 3.98. The summed E-state index contributed by atoms with van der Waals surface area (Å²) in [6.07, 6.45) is 0.551. The van der Waals surface area contributed by atoms with E-state index in [1.807, 2.05) is 29.6 Å². The first-order chi connectivity index (χ1) is 9.36. The Balaban J connectivity index is 1.87. The molecule has 0 saturated heterocycles. The average Bonchev–Trinajstić information content (AvgIpc) is 3.07. The van der Waals surface area contributed by atoms with Gasteiger partial charge < -0.3 is 4.98 Å². The van der Waals surface area contributed by atoms with Crippen LogP contribution in [0.15, 0.2) is 34.8 Å². The Morgan fingerprint density at radius 3 is 3.00 bits per heavy atom. The molecule has 0 fully saturated rings. The summed E-state index contributed by atoms with van der Waals surface area (Å²) in [7, 11) is 0. The van der Waals surface area contributed by atoms with E-state index < -0.39 is 0 Å². The standard InChI is InChI=1S/C13H12FN3S2/c14-6-2-8-19-13-16-10-5-4-9(15-12(10)17-13)11-3-1-7-18-11/h1,3-5,7H,2,6,8H2,(H,15,16,17). The summed E-state index contributed by atoms with van der Waals surface area (Å²) in [5.41, 5.74) is 2.58. The monoisotopic (exact) mass is 293 g/mol. The third-order valence-electron chi connectivity index (χ3n) is 2.61. The lowest BCUT2D eigenvalue weighted by Gasteiger charge is -1.94. The van der Waals surface area contributed by atoms with E-state index in [0.717, 1.165) is 27.0 Å². The van der Waals surface area contributed by atoms with E-state index in [-0.39, 0.29) is 6.67 Å². The average molecular weight is 293 g/mol. The molecule has 0 aliphatic carbocycles. The van der Waals surface area contributed by atoms with Gasteiger partial charge in [0.1, 0.15) is 0 Å². The van der Waals surface area contributed by atoms with Crippen molar-refractivity contribution in [3.05, 3.63) is 29.6 Å². The maximum Gasteiger partial charge on any atom is 0.179 e. The van der Waals surface area contributed by atoms with Crippen LogP contribution in [0.25, 0.3) is 21.7 Å². The van der Waals surface area contributed by atoms with Gasteiger partial charge in [-0.1, -0.05) is 17.8 Å². The first-order valence-corrected chi connectivity index (χ1v) is 7.83. The van der Waals surface area contributed by atoms with Crippen LogP contribution in [0.2, 0.25) is 0 Å². The predicted molar refractivity (Wildman–Crippen MR) is 78.5 cm³/mol. The summed E-state index contributed by atoms with van der Waals surface area (Å²) in [4.78, 5) is 13.3. The molecule has 0 aliphatic heterocycles. The number of aromatic nitrogens is 3. The number of thiophene rings is 1. The van der Waals surface area contributed by atoms with Crippen molar-refractivity contribution in [3.8, 4) is 10.6 Å². The number of aromatic amines is 1. The zero-order valence-corrected chi connectivity index (χ0v) is 11.7. The highest BCUT2D eigenvalue weighted by Crippen LogP contribution is 2.25. The van der Waals surface area contributed by atoms with E-state index in [9.17, 15) is 4.39 Å². The fraction of sp³-hybridized carbons (Fsp3) is 0.231. The van der Waals surface area contributed by atoms with Crippen LogP contribution in [-0.4, -0.2) is 27.4 Å². The predicted octanol–water partition coefficient (Wildman–Crippen LogP) is 4.14. The highest BCUT2D eigenvalue weighted by atomic mass is 32.2. The largest absolute Gasteiger partial charge is 0.332 e. The molecule has 0 aliphatic rings. The fourth-order valence-electron chi connectivity index (χ4n) is 1.72. The molecule has 3 heterocycles. The van der Waals surface area contributed by atoms with Crippen LogP contribution in [0.5, 0.6) is 0 Å². The van der Waals surface area contributed by atoms with Crippen molar-refractivity contribution in [2.75, 3.05) is 12.4 Å². The second kappa shape index (κ2) is 5.71. The third kappa shape index (κ3) is 2.79. The zero-order valence-electron chi connectivity index (χ0n) is 10.1. The third-order valence-corrected chi connectivity index (χ3v) is 4.47. The quantitative estimate of drug-likeness (QED) is 0.568. The Morgan fingerprint density at radius 2 is 2.21 bits per heavy atom. The number of nitrogens with one attached hydrogen (secondary N) is 1. The Kier molecular flexibility index (Phi) is 3.79. The van der Waals surface area contributed by atoms with Crippen LogP contribution in [0, 0.1) is 0 Å². The van der Waals surface area contributed by atoms with Crippen LogP contribution >= 0.6 is 23.1 Å². The van der Waals surface area contributed by atoms with Gasteiger partial charge >= 0.3 is 0 Å². The number of pyridine rings is 1. The van der Waals surface area contributed by atoms with E-state index in [1.54, 1.807) is 11.3 Å². The Morgan fingerprint density at radius 1 is 1.26 bits per heavy atom. The van der Waals surface area contributed by atoms with Gasteiger partial charge in [-0.3, -0.25) is 4.39 Å². The summed E-state index contributed by atoms with van der Waals surface area (Å²) in [5, 5.41) is 2.84. The van der Waals surface area contributed by atoms with E-state index in [0.29, 0.717) is 12.1 Å². The first-order valence-electron chi connectivity index (χ1n) is 5.96. The first kappa shape index (κ1) is 12.6. The number of hydrogen-bond donors (Lipinski definition) is 1. The lowest BCUT2D eigenvalue weighted by atomic mass is 10.3. The molecule has 0 unspecified atom stereocenters. The normalized spacial score (nSPS) is 11.2. The number of H-pyrrole nitrogens is 1. The maximum atomic E-state index is 12.1. The Bertz CT molecular complexity index is 664. The van der Waals surface area contributed by atoms with Gasteiger partial charge in [-0.25, -0.2) is 9.97 Å². The summed E-state index contributed by atoms with van der Waals surface area (Å²) in [6, 6.07) is 8.03. The molecule has 3 aromatic heterocycles. The number of nitrogens with zero attached hydrogens (tertiary/aromatic N) is 2. The Labute approximate surface area is 118 Å². The molecule has 19 heavy (non-hydrogen) atoms.